The van der Waals surface area contributed by atoms with Crippen LogP contribution in [0.15, 0.2) is 40.8 Å². The summed E-state index contributed by atoms with van der Waals surface area (Å²) in [5.74, 6) is 0.649. The molecule has 1 N–H and O–H groups in total. The molecular formula is C18H17N5OS. The second-order valence-corrected chi connectivity index (χ2v) is 7.00. The first kappa shape index (κ1) is 15.7. The molecule has 0 amide bonds. The van der Waals surface area contributed by atoms with Crippen molar-refractivity contribution in [3.63, 3.8) is 0 Å². The van der Waals surface area contributed by atoms with Crippen LogP contribution < -0.4 is 0 Å². The molecule has 6 nitrogen and oxygen atoms in total. The fraction of sp³-hybridized carbons (Fsp3) is 0.222. The quantitative estimate of drug-likeness (QED) is 0.502. The minimum atomic E-state index is 0.121. The topological polar surface area (TPSA) is 75.7 Å². The fourth-order valence-corrected chi connectivity index (χ4v) is 4.02. The molecule has 0 aliphatic rings. The first-order valence-corrected chi connectivity index (χ1v) is 8.86. The Hall–Kier alpha value is -2.80. The number of aryl methyl sites for hydroxylation is 3. The van der Waals surface area contributed by atoms with Crippen molar-refractivity contribution < 1.29 is 5.11 Å². The van der Waals surface area contributed by atoms with E-state index in [0.29, 0.717) is 18.1 Å². The highest BCUT2D eigenvalue weighted by atomic mass is 32.1. The molecule has 0 spiro atoms. The number of hydrogen-bond donors (Lipinski definition) is 1. The van der Waals surface area contributed by atoms with E-state index in [1.165, 1.54) is 11.2 Å². The third-order valence-electron chi connectivity index (χ3n) is 4.42. The number of aromatic hydroxyl groups is 1. The van der Waals surface area contributed by atoms with Crippen LogP contribution in [0.4, 0.5) is 11.5 Å². The maximum absolute atomic E-state index is 10.5. The average Bonchev–Trinajstić information content (AvgIpc) is 3.06. The molecule has 1 aromatic carbocycles. The summed E-state index contributed by atoms with van der Waals surface area (Å²) >= 11 is 1.62. The lowest BCUT2D eigenvalue weighted by Crippen LogP contribution is -1.91. The number of fused-ring (bicyclic) bond motifs is 2. The lowest BCUT2D eigenvalue weighted by atomic mass is 10.2. The van der Waals surface area contributed by atoms with Crippen molar-refractivity contribution in [1.29, 1.82) is 0 Å². The summed E-state index contributed by atoms with van der Waals surface area (Å²) in [6.07, 6.45) is 1.50. The highest BCUT2D eigenvalue weighted by molar-refractivity contribution is 7.18. The van der Waals surface area contributed by atoms with Crippen molar-refractivity contribution in [3.05, 3.63) is 41.0 Å². The van der Waals surface area contributed by atoms with Crippen LogP contribution in [0.3, 0.4) is 0 Å². The molecule has 0 bridgehead atoms. The van der Waals surface area contributed by atoms with Gasteiger partial charge < -0.3 is 9.67 Å². The number of aromatic nitrogens is 3. The Morgan fingerprint density at radius 1 is 1.16 bits per heavy atom. The zero-order valence-electron chi connectivity index (χ0n) is 14.2. The maximum atomic E-state index is 10.5. The Labute approximate surface area is 148 Å². The van der Waals surface area contributed by atoms with E-state index >= 15 is 0 Å². The van der Waals surface area contributed by atoms with Crippen molar-refractivity contribution in [2.75, 3.05) is 0 Å². The van der Waals surface area contributed by atoms with Crippen molar-refractivity contribution in [2.45, 2.75) is 27.3 Å². The molecule has 0 saturated carbocycles. The van der Waals surface area contributed by atoms with Gasteiger partial charge in [0.05, 0.1) is 10.9 Å². The number of nitrogens with zero attached hydrogens (tertiary/aromatic N) is 5. The van der Waals surface area contributed by atoms with Gasteiger partial charge in [-0.05, 0) is 32.4 Å². The summed E-state index contributed by atoms with van der Waals surface area (Å²) in [5.41, 5.74) is 2.52. The van der Waals surface area contributed by atoms with Crippen LogP contribution in [-0.4, -0.2) is 19.6 Å². The summed E-state index contributed by atoms with van der Waals surface area (Å²) in [6.45, 7) is 6.74. The minimum Gasteiger partial charge on any atom is -0.493 e. The van der Waals surface area contributed by atoms with Crippen LogP contribution in [0.25, 0.3) is 21.1 Å². The minimum absolute atomic E-state index is 0.121. The average molecular weight is 351 g/mol. The molecule has 3 aromatic heterocycles. The summed E-state index contributed by atoms with van der Waals surface area (Å²) in [5, 5.41) is 21.0. The van der Waals surface area contributed by atoms with Crippen LogP contribution in [0, 0.1) is 13.8 Å². The summed E-state index contributed by atoms with van der Waals surface area (Å²) in [7, 11) is 0. The molecule has 3 heterocycles. The smallest absolute Gasteiger partial charge is 0.220 e. The Morgan fingerprint density at radius 2 is 1.96 bits per heavy atom. The largest absolute Gasteiger partial charge is 0.493 e. The third-order valence-corrected chi connectivity index (χ3v) is 5.54. The van der Waals surface area contributed by atoms with Gasteiger partial charge in [0, 0.05) is 16.8 Å². The second-order valence-electron chi connectivity index (χ2n) is 5.79. The zero-order chi connectivity index (χ0) is 17.6. The van der Waals surface area contributed by atoms with Crippen LogP contribution in [0.1, 0.15) is 17.4 Å². The van der Waals surface area contributed by atoms with Crippen LogP contribution in [0.5, 0.6) is 5.88 Å². The van der Waals surface area contributed by atoms with Crippen molar-refractivity contribution in [1.82, 2.24) is 14.5 Å². The van der Waals surface area contributed by atoms with Gasteiger partial charge in [0.1, 0.15) is 11.2 Å². The van der Waals surface area contributed by atoms with Gasteiger partial charge >= 0.3 is 0 Å². The number of hydrogen-bond acceptors (Lipinski definition) is 6. The Bertz CT molecular complexity index is 1130. The van der Waals surface area contributed by atoms with E-state index in [4.69, 9.17) is 0 Å². The van der Waals surface area contributed by atoms with Gasteiger partial charge in [-0.1, -0.05) is 18.2 Å². The maximum Gasteiger partial charge on any atom is 0.220 e. The molecule has 7 heteroatoms. The standard InChI is InChI=1S/C18H17N5OS/c1-4-23-13-8-6-5-7-12(13)15(18(23)24)21-22-16-14-10(2)11(3)25-17(14)20-9-19-16/h5-9,24H,4H2,1-3H3. The highest BCUT2D eigenvalue weighted by Gasteiger charge is 2.16. The van der Waals surface area contributed by atoms with Gasteiger partial charge in [-0.25, -0.2) is 9.97 Å². The first-order chi connectivity index (χ1) is 12.1. The lowest BCUT2D eigenvalue weighted by molar-refractivity contribution is 0.427. The van der Waals surface area contributed by atoms with Gasteiger partial charge in [-0.15, -0.1) is 21.6 Å². The van der Waals surface area contributed by atoms with Crippen molar-refractivity contribution in [3.8, 4) is 5.88 Å². The van der Waals surface area contributed by atoms with Gasteiger partial charge in [0.2, 0.25) is 5.88 Å². The van der Waals surface area contributed by atoms with Gasteiger partial charge in [0.15, 0.2) is 11.5 Å². The van der Waals surface area contributed by atoms with E-state index in [-0.39, 0.29) is 5.88 Å². The number of thiophene rings is 1. The van der Waals surface area contributed by atoms with E-state index in [2.05, 4.69) is 27.1 Å². The molecule has 4 rings (SSSR count). The van der Waals surface area contributed by atoms with Crippen LogP contribution in [-0.2, 0) is 6.54 Å². The molecule has 4 aromatic rings. The van der Waals surface area contributed by atoms with E-state index in [9.17, 15) is 5.11 Å². The first-order valence-electron chi connectivity index (χ1n) is 8.04. The lowest BCUT2D eigenvalue weighted by Gasteiger charge is -2.01. The molecule has 0 fully saturated rings. The molecule has 0 radical (unpaired) electrons. The molecule has 25 heavy (non-hydrogen) atoms. The molecule has 0 atom stereocenters. The van der Waals surface area contributed by atoms with Gasteiger partial charge in [-0.2, -0.15) is 0 Å². The number of azo groups is 1. The van der Waals surface area contributed by atoms with Crippen molar-refractivity contribution >= 4 is 44.0 Å². The summed E-state index contributed by atoms with van der Waals surface area (Å²) < 4.78 is 1.82. The van der Waals surface area contributed by atoms with Gasteiger partial charge in [0.25, 0.3) is 0 Å². The summed E-state index contributed by atoms with van der Waals surface area (Å²) in [4.78, 5) is 10.7. The number of benzene rings is 1. The van der Waals surface area contributed by atoms with Gasteiger partial charge in [-0.3, -0.25) is 0 Å². The van der Waals surface area contributed by atoms with E-state index in [1.807, 2.05) is 42.7 Å². The number of rotatable bonds is 3. The monoisotopic (exact) mass is 351 g/mol. The second kappa shape index (κ2) is 5.93. The van der Waals surface area contributed by atoms with E-state index in [1.54, 1.807) is 11.3 Å². The Morgan fingerprint density at radius 3 is 2.76 bits per heavy atom. The SMILES string of the molecule is CCn1c(O)c(N=Nc2ncnc3sc(C)c(C)c23)c2ccccc21. The normalized spacial score (nSPS) is 12.0. The number of para-hydroxylation sites is 1. The molecule has 0 aliphatic heterocycles. The molecule has 126 valence electrons. The molecule has 0 unspecified atom stereocenters. The molecular weight excluding hydrogens is 334 g/mol. The molecule has 0 saturated heterocycles. The Kier molecular flexibility index (Phi) is 3.73. The third kappa shape index (κ3) is 2.39. The van der Waals surface area contributed by atoms with Crippen molar-refractivity contribution in [2.24, 2.45) is 10.2 Å². The fourth-order valence-electron chi connectivity index (χ4n) is 3.03. The van der Waals surface area contributed by atoms with Crippen LogP contribution >= 0.6 is 11.3 Å². The molecule has 0 aliphatic carbocycles. The predicted octanol–water partition coefficient (Wildman–Crippen LogP) is 5.40. The highest BCUT2D eigenvalue weighted by Crippen LogP contribution is 2.40. The van der Waals surface area contributed by atoms with E-state index in [0.717, 1.165) is 26.7 Å². The van der Waals surface area contributed by atoms with Crippen LogP contribution in [0.2, 0.25) is 0 Å². The summed E-state index contributed by atoms with van der Waals surface area (Å²) in [6, 6.07) is 7.77. The van der Waals surface area contributed by atoms with E-state index < -0.39 is 0 Å². The predicted molar refractivity (Wildman–Crippen MR) is 100 cm³/mol. The Balaban J connectivity index is 1.89. The zero-order valence-corrected chi connectivity index (χ0v) is 15.0.